The Labute approximate surface area is 115 Å². The molecule has 0 bridgehead atoms. The van der Waals surface area contributed by atoms with Crippen LogP contribution in [0, 0.1) is 6.92 Å². The van der Waals surface area contributed by atoms with Gasteiger partial charge in [0.2, 0.25) is 0 Å². The van der Waals surface area contributed by atoms with Crippen LogP contribution in [0.5, 0.6) is 0 Å². The van der Waals surface area contributed by atoms with Crippen LogP contribution in [0.15, 0.2) is 60.0 Å². The molecule has 19 heavy (non-hydrogen) atoms. The van der Waals surface area contributed by atoms with Crippen molar-refractivity contribution < 1.29 is 0 Å². The Morgan fingerprint density at radius 3 is 2.53 bits per heavy atom. The van der Waals surface area contributed by atoms with E-state index in [0.717, 1.165) is 0 Å². The van der Waals surface area contributed by atoms with Crippen LogP contribution in [0.2, 0.25) is 0 Å². The van der Waals surface area contributed by atoms with E-state index in [2.05, 4.69) is 71.5 Å². The number of aryl methyl sites for hydroxylation is 1. The summed E-state index contributed by atoms with van der Waals surface area (Å²) in [6, 6.07) is 19.6. The average Bonchev–Trinajstić information content (AvgIpc) is 3.04. The maximum absolute atomic E-state index is 2.36. The van der Waals surface area contributed by atoms with Crippen molar-refractivity contribution in [2.24, 2.45) is 0 Å². The molecule has 0 aliphatic carbocycles. The third kappa shape index (κ3) is 1.53. The monoisotopic (exact) mass is 263 g/mol. The minimum atomic E-state index is 1.27. The van der Waals surface area contributed by atoms with Gasteiger partial charge in [-0.3, -0.25) is 0 Å². The molecule has 0 N–H and O–H groups in total. The van der Waals surface area contributed by atoms with E-state index in [1.165, 1.54) is 32.4 Å². The number of para-hydroxylation sites is 1. The van der Waals surface area contributed by atoms with E-state index in [9.17, 15) is 0 Å². The van der Waals surface area contributed by atoms with Gasteiger partial charge in [0, 0.05) is 10.8 Å². The molecule has 0 spiro atoms. The normalized spacial score (nSPS) is 11.4. The zero-order chi connectivity index (χ0) is 12.8. The Morgan fingerprint density at radius 1 is 0.842 bits per heavy atom. The quantitative estimate of drug-likeness (QED) is 0.447. The number of thiophene rings is 1. The van der Waals surface area contributed by atoms with Gasteiger partial charge in [0.15, 0.2) is 0 Å². The second-order valence-electron chi connectivity index (χ2n) is 4.82. The number of benzene rings is 2. The highest BCUT2D eigenvalue weighted by atomic mass is 32.1. The van der Waals surface area contributed by atoms with Gasteiger partial charge < -0.3 is 4.57 Å². The summed E-state index contributed by atoms with van der Waals surface area (Å²) < 4.78 is 2.36. The van der Waals surface area contributed by atoms with Gasteiger partial charge in [-0.1, -0.05) is 29.8 Å². The van der Waals surface area contributed by atoms with Gasteiger partial charge >= 0.3 is 0 Å². The molecule has 0 radical (unpaired) electrons. The molecule has 4 rings (SSSR count). The lowest BCUT2D eigenvalue weighted by Gasteiger charge is -2.03. The molecular weight excluding hydrogens is 250 g/mol. The van der Waals surface area contributed by atoms with E-state index >= 15 is 0 Å². The van der Waals surface area contributed by atoms with Crippen LogP contribution in [0.1, 0.15) is 5.56 Å². The van der Waals surface area contributed by atoms with Gasteiger partial charge in [0.05, 0.1) is 16.0 Å². The zero-order valence-corrected chi connectivity index (χ0v) is 11.4. The highest BCUT2D eigenvalue weighted by Crippen LogP contribution is 2.33. The summed E-state index contributed by atoms with van der Waals surface area (Å²) in [5.41, 5.74) is 3.88. The van der Waals surface area contributed by atoms with Crippen molar-refractivity contribution in [1.82, 2.24) is 4.57 Å². The van der Waals surface area contributed by atoms with Crippen molar-refractivity contribution in [3.05, 3.63) is 65.5 Å². The summed E-state index contributed by atoms with van der Waals surface area (Å²) in [5.74, 6) is 0. The first-order chi connectivity index (χ1) is 9.34. The first-order valence-electron chi connectivity index (χ1n) is 6.38. The van der Waals surface area contributed by atoms with Crippen molar-refractivity contribution >= 4 is 33.1 Å². The number of aromatic nitrogens is 1. The molecule has 0 amide bonds. The van der Waals surface area contributed by atoms with E-state index in [1.807, 2.05) is 0 Å². The van der Waals surface area contributed by atoms with E-state index < -0.39 is 0 Å². The van der Waals surface area contributed by atoms with Crippen molar-refractivity contribution in [2.75, 3.05) is 0 Å². The van der Waals surface area contributed by atoms with Gasteiger partial charge in [-0.05, 0) is 42.6 Å². The van der Waals surface area contributed by atoms with E-state index in [4.69, 9.17) is 0 Å². The molecule has 2 heteroatoms. The Kier molecular flexibility index (Phi) is 2.26. The predicted molar refractivity (Wildman–Crippen MR) is 83.4 cm³/mol. The van der Waals surface area contributed by atoms with Gasteiger partial charge in [-0.2, -0.15) is 0 Å². The minimum absolute atomic E-state index is 1.27. The number of rotatable bonds is 1. The third-order valence-electron chi connectivity index (χ3n) is 3.55. The Hall–Kier alpha value is -2.06. The molecule has 92 valence electrons. The second-order valence-corrected chi connectivity index (χ2v) is 5.75. The lowest BCUT2D eigenvalue weighted by atomic mass is 10.1. The molecule has 0 saturated heterocycles. The Bertz CT molecular complexity index is 869. The lowest BCUT2D eigenvalue weighted by molar-refractivity contribution is 1.22. The molecular formula is C17H13NS. The van der Waals surface area contributed by atoms with Crippen LogP contribution in [-0.4, -0.2) is 4.57 Å². The standard InChI is InChI=1S/C17H13NS/c1-12-8-9-16-14(11-12)13-5-2-3-6-15(13)18(16)17-7-4-10-19-17/h2-11H,1H3. The fourth-order valence-electron chi connectivity index (χ4n) is 2.72. The summed E-state index contributed by atoms with van der Waals surface area (Å²) in [6.07, 6.45) is 0. The van der Waals surface area contributed by atoms with Crippen molar-refractivity contribution in [1.29, 1.82) is 0 Å². The molecule has 0 fully saturated rings. The average molecular weight is 263 g/mol. The van der Waals surface area contributed by atoms with Gasteiger partial charge in [0.25, 0.3) is 0 Å². The van der Waals surface area contributed by atoms with Crippen LogP contribution < -0.4 is 0 Å². The molecule has 4 aromatic rings. The maximum Gasteiger partial charge on any atom is 0.0999 e. The SMILES string of the molecule is Cc1ccc2c(c1)c1ccccc1n2-c1cccs1. The molecule has 2 heterocycles. The van der Waals surface area contributed by atoms with Crippen LogP contribution >= 0.6 is 11.3 Å². The van der Waals surface area contributed by atoms with Gasteiger partial charge in [-0.15, -0.1) is 11.3 Å². The molecule has 0 aliphatic rings. The molecule has 0 saturated carbocycles. The van der Waals surface area contributed by atoms with Crippen LogP contribution in [0.4, 0.5) is 0 Å². The molecule has 0 atom stereocenters. The number of nitrogens with zero attached hydrogens (tertiary/aromatic N) is 1. The van der Waals surface area contributed by atoms with E-state index in [1.54, 1.807) is 11.3 Å². The summed E-state index contributed by atoms with van der Waals surface area (Å²) in [4.78, 5) is 0. The first kappa shape index (κ1) is 10.8. The van der Waals surface area contributed by atoms with Gasteiger partial charge in [0.1, 0.15) is 0 Å². The third-order valence-corrected chi connectivity index (χ3v) is 4.41. The maximum atomic E-state index is 2.36. The van der Waals surface area contributed by atoms with Crippen molar-refractivity contribution in [3.63, 3.8) is 0 Å². The number of hydrogen-bond acceptors (Lipinski definition) is 1. The van der Waals surface area contributed by atoms with E-state index in [-0.39, 0.29) is 0 Å². The summed E-state index contributed by atoms with van der Waals surface area (Å²) >= 11 is 1.78. The lowest BCUT2D eigenvalue weighted by Crippen LogP contribution is -1.89. The largest absolute Gasteiger partial charge is 0.301 e. The summed E-state index contributed by atoms with van der Waals surface area (Å²) in [7, 11) is 0. The fourth-order valence-corrected chi connectivity index (χ4v) is 3.48. The minimum Gasteiger partial charge on any atom is -0.301 e. The molecule has 1 nitrogen and oxygen atoms in total. The topological polar surface area (TPSA) is 4.93 Å². The predicted octanol–water partition coefficient (Wildman–Crippen LogP) is 5.15. The highest BCUT2D eigenvalue weighted by Gasteiger charge is 2.11. The second kappa shape index (κ2) is 3.97. The molecule has 0 aliphatic heterocycles. The van der Waals surface area contributed by atoms with Crippen molar-refractivity contribution in [3.8, 4) is 5.00 Å². The summed E-state index contributed by atoms with van der Waals surface area (Å²) in [5, 5.41) is 6.07. The molecule has 2 aromatic carbocycles. The molecule has 0 unspecified atom stereocenters. The van der Waals surface area contributed by atoms with Crippen LogP contribution in [0.25, 0.3) is 26.8 Å². The van der Waals surface area contributed by atoms with Crippen molar-refractivity contribution in [2.45, 2.75) is 6.92 Å². The molecule has 2 aromatic heterocycles. The van der Waals surface area contributed by atoms with Crippen LogP contribution in [0.3, 0.4) is 0 Å². The zero-order valence-electron chi connectivity index (χ0n) is 10.6. The van der Waals surface area contributed by atoms with Crippen LogP contribution in [-0.2, 0) is 0 Å². The first-order valence-corrected chi connectivity index (χ1v) is 7.26. The highest BCUT2D eigenvalue weighted by molar-refractivity contribution is 7.12. The smallest absolute Gasteiger partial charge is 0.0999 e. The number of fused-ring (bicyclic) bond motifs is 3. The fraction of sp³-hybridized carbons (Fsp3) is 0.0588. The van der Waals surface area contributed by atoms with E-state index in [0.29, 0.717) is 0 Å². The Morgan fingerprint density at radius 2 is 1.68 bits per heavy atom. The Balaban J connectivity index is 2.26. The van der Waals surface area contributed by atoms with Gasteiger partial charge in [-0.25, -0.2) is 0 Å². The number of hydrogen-bond donors (Lipinski definition) is 0. The summed E-state index contributed by atoms with van der Waals surface area (Å²) in [6.45, 7) is 2.15.